The molecule has 3 aliphatic rings. The predicted octanol–water partition coefficient (Wildman–Crippen LogP) is 4.51. The summed E-state index contributed by atoms with van der Waals surface area (Å²) in [7, 11) is 1.78. The molecule has 0 spiro atoms. The zero-order chi connectivity index (χ0) is 24.6. The number of likely N-dealkylation sites (N-methyl/N-ethyl adjacent to an activating group) is 1. The first-order valence-electron chi connectivity index (χ1n) is 11.8. The third kappa shape index (κ3) is 4.07. The molecule has 2 aliphatic heterocycles. The van der Waals surface area contributed by atoms with Gasteiger partial charge in [-0.1, -0.05) is 60.7 Å². The number of hydrogen-bond acceptors (Lipinski definition) is 4. The Morgan fingerprint density at radius 3 is 1.91 bits per heavy atom. The number of rotatable bonds is 5. The largest absolute Gasteiger partial charge is 0.353 e. The molecule has 3 fully saturated rings. The van der Waals surface area contributed by atoms with Gasteiger partial charge in [0.15, 0.2) is 0 Å². The zero-order valence-electron chi connectivity index (χ0n) is 19.5. The fraction of sp³-hybridized carbons (Fsp3) is 0.286. The summed E-state index contributed by atoms with van der Waals surface area (Å²) in [4.78, 5) is 39.4. The highest BCUT2D eigenvalue weighted by Crippen LogP contribution is 2.53. The second-order valence-corrected chi connectivity index (χ2v) is 9.58. The van der Waals surface area contributed by atoms with E-state index in [1.54, 1.807) is 11.9 Å². The number of benzene rings is 3. The monoisotopic (exact) mass is 469 g/mol. The van der Waals surface area contributed by atoms with Crippen LogP contribution in [0.25, 0.3) is 0 Å². The van der Waals surface area contributed by atoms with E-state index in [1.807, 2.05) is 36.4 Å². The molecule has 2 bridgehead atoms. The molecule has 7 nitrogen and oxygen atoms in total. The van der Waals surface area contributed by atoms with Crippen molar-refractivity contribution < 1.29 is 14.5 Å². The van der Waals surface area contributed by atoms with Crippen molar-refractivity contribution in [3.8, 4) is 0 Å². The molecule has 0 radical (unpaired) electrons. The van der Waals surface area contributed by atoms with Crippen molar-refractivity contribution in [1.82, 2.24) is 10.2 Å². The van der Waals surface area contributed by atoms with Crippen molar-refractivity contribution in [2.75, 3.05) is 13.6 Å². The van der Waals surface area contributed by atoms with Crippen LogP contribution in [-0.2, 0) is 4.79 Å². The fourth-order valence-electron chi connectivity index (χ4n) is 5.89. The van der Waals surface area contributed by atoms with Crippen molar-refractivity contribution in [2.24, 2.45) is 5.92 Å². The fourth-order valence-corrected chi connectivity index (χ4v) is 5.89. The SMILES string of the molecule is CN(C(=O)c1ccc([N+](=O)[O-])cc1)C12CNC(=O)C(C(c3ccccc3)C1)C(c1ccccc1)C2. The van der Waals surface area contributed by atoms with Gasteiger partial charge < -0.3 is 10.2 Å². The van der Waals surface area contributed by atoms with Crippen LogP contribution < -0.4 is 5.32 Å². The molecule has 3 aromatic rings. The van der Waals surface area contributed by atoms with Gasteiger partial charge in [-0.15, -0.1) is 0 Å². The summed E-state index contributed by atoms with van der Waals surface area (Å²) in [5.41, 5.74) is 1.91. The third-order valence-corrected chi connectivity index (χ3v) is 7.76. The summed E-state index contributed by atoms with van der Waals surface area (Å²) in [6.07, 6.45) is 1.30. The number of fused-ring (bicyclic) bond motifs is 4. The molecule has 2 unspecified atom stereocenters. The van der Waals surface area contributed by atoms with E-state index < -0.39 is 10.5 Å². The summed E-state index contributed by atoms with van der Waals surface area (Å²) in [5.74, 6) is -0.538. The molecule has 2 atom stereocenters. The van der Waals surface area contributed by atoms with Crippen molar-refractivity contribution in [3.63, 3.8) is 0 Å². The molecule has 7 heteroatoms. The molecule has 178 valence electrons. The number of nitrogens with one attached hydrogen (secondary N) is 1. The van der Waals surface area contributed by atoms with Crippen LogP contribution in [0.15, 0.2) is 84.9 Å². The number of non-ortho nitro benzene ring substituents is 1. The highest BCUT2D eigenvalue weighted by molar-refractivity contribution is 5.95. The summed E-state index contributed by atoms with van der Waals surface area (Å²) >= 11 is 0. The minimum Gasteiger partial charge on any atom is -0.353 e. The minimum absolute atomic E-state index is 0.0169. The van der Waals surface area contributed by atoms with Crippen molar-refractivity contribution >= 4 is 17.5 Å². The number of amides is 2. The van der Waals surface area contributed by atoms with Gasteiger partial charge >= 0.3 is 0 Å². The van der Waals surface area contributed by atoms with E-state index in [1.165, 1.54) is 24.3 Å². The topological polar surface area (TPSA) is 92.6 Å². The Bertz CT molecular complexity index is 1190. The second-order valence-electron chi connectivity index (χ2n) is 9.58. The lowest BCUT2D eigenvalue weighted by Gasteiger charge is -2.49. The van der Waals surface area contributed by atoms with E-state index in [2.05, 4.69) is 29.6 Å². The molecular formula is C28H27N3O4. The van der Waals surface area contributed by atoms with Crippen molar-refractivity contribution in [2.45, 2.75) is 30.2 Å². The Morgan fingerprint density at radius 2 is 1.43 bits per heavy atom. The smallest absolute Gasteiger partial charge is 0.269 e. The van der Waals surface area contributed by atoms with Crippen molar-refractivity contribution in [1.29, 1.82) is 0 Å². The Balaban J connectivity index is 1.57. The summed E-state index contributed by atoms with van der Waals surface area (Å²) in [5, 5.41) is 14.2. The number of carbonyl (C=O) groups is 2. The summed E-state index contributed by atoms with van der Waals surface area (Å²) in [6.45, 7) is 0.365. The van der Waals surface area contributed by atoms with Gasteiger partial charge in [0.2, 0.25) is 5.91 Å². The molecule has 3 aromatic carbocycles. The van der Waals surface area contributed by atoms with Crippen LogP contribution in [0, 0.1) is 16.0 Å². The van der Waals surface area contributed by atoms with E-state index in [-0.39, 0.29) is 35.3 Å². The summed E-state index contributed by atoms with van der Waals surface area (Å²) in [6, 6.07) is 25.8. The van der Waals surface area contributed by atoms with Crippen LogP contribution in [0.1, 0.15) is 46.2 Å². The van der Waals surface area contributed by atoms with Crippen molar-refractivity contribution in [3.05, 3.63) is 112 Å². The Kier molecular flexibility index (Phi) is 5.84. The number of nitrogens with zero attached hydrogens (tertiary/aromatic N) is 2. The van der Waals surface area contributed by atoms with Crippen LogP contribution in [-0.4, -0.2) is 40.8 Å². The average molecular weight is 470 g/mol. The molecule has 2 amide bonds. The molecule has 1 aliphatic carbocycles. The maximum atomic E-state index is 13.6. The van der Waals surface area contributed by atoms with Crippen LogP contribution >= 0.6 is 0 Å². The Morgan fingerprint density at radius 1 is 0.914 bits per heavy atom. The third-order valence-electron chi connectivity index (χ3n) is 7.76. The normalized spacial score (nSPS) is 25.4. The molecule has 2 heterocycles. The van der Waals surface area contributed by atoms with Gasteiger partial charge in [-0.2, -0.15) is 0 Å². The molecule has 35 heavy (non-hydrogen) atoms. The molecule has 1 N–H and O–H groups in total. The number of nitro benzene ring substituents is 1. The lowest BCUT2D eigenvalue weighted by atomic mass is 9.61. The van der Waals surface area contributed by atoms with Gasteiger partial charge in [0.05, 0.1) is 16.4 Å². The molecule has 0 aromatic heterocycles. The first-order valence-corrected chi connectivity index (χ1v) is 11.8. The quantitative estimate of drug-likeness (QED) is 0.439. The molecular weight excluding hydrogens is 442 g/mol. The summed E-state index contributed by atoms with van der Waals surface area (Å²) < 4.78 is 0. The lowest BCUT2D eigenvalue weighted by Crippen LogP contribution is -2.57. The number of nitro groups is 1. The Labute approximate surface area is 203 Å². The Hall–Kier alpha value is -4.00. The molecule has 6 rings (SSSR count). The first-order chi connectivity index (χ1) is 16.9. The van der Waals surface area contributed by atoms with E-state index in [0.717, 1.165) is 11.1 Å². The predicted molar refractivity (Wildman–Crippen MR) is 132 cm³/mol. The van der Waals surface area contributed by atoms with E-state index in [0.29, 0.717) is 24.9 Å². The lowest BCUT2D eigenvalue weighted by molar-refractivity contribution is -0.384. The standard InChI is InChI=1S/C28H27N3O4/c1-30(27(33)21-12-14-22(15-13-21)31(34)35)28-16-23(19-8-4-2-5-9-19)25(26(32)29-18-28)24(17-28)20-10-6-3-7-11-20/h2-15,23-25H,16-18H2,1H3,(H,29,32). The highest BCUT2D eigenvalue weighted by atomic mass is 16.6. The van der Waals surface area contributed by atoms with Gasteiger partial charge in [0, 0.05) is 31.3 Å². The first kappa shape index (κ1) is 22.8. The van der Waals surface area contributed by atoms with Gasteiger partial charge in [-0.05, 0) is 47.9 Å². The van der Waals surface area contributed by atoms with Crippen LogP contribution in [0.5, 0.6) is 0 Å². The zero-order valence-corrected chi connectivity index (χ0v) is 19.5. The maximum Gasteiger partial charge on any atom is 0.269 e. The van der Waals surface area contributed by atoms with E-state index in [4.69, 9.17) is 0 Å². The van der Waals surface area contributed by atoms with Gasteiger partial charge in [-0.25, -0.2) is 0 Å². The van der Waals surface area contributed by atoms with Gasteiger partial charge in [0.25, 0.3) is 11.6 Å². The minimum atomic E-state index is -0.609. The molecule has 2 saturated heterocycles. The van der Waals surface area contributed by atoms with Crippen LogP contribution in [0.2, 0.25) is 0 Å². The van der Waals surface area contributed by atoms with Gasteiger partial charge in [-0.3, -0.25) is 19.7 Å². The average Bonchev–Trinajstić information content (AvgIpc) is 3.15. The number of hydrogen-bond donors (Lipinski definition) is 1. The number of carbonyl (C=O) groups excluding carboxylic acids is 2. The maximum absolute atomic E-state index is 13.6. The van der Waals surface area contributed by atoms with E-state index >= 15 is 0 Å². The van der Waals surface area contributed by atoms with Crippen LogP contribution in [0.4, 0.5) is 5.69 Å². The molecule has 1 saturated carbocycles. The second kappa shape index (κ2) is 8.98. The highest BCUT2D eigenvalue weighted by Gasteiger charge is 2.55. The van der Waals surface area contributed by atoms with E-state index in [9.17, 15) is 19.7 Å². The van der Waals surface area contributed by atoms with Gasteiger partial charge in [0.1, 0.15) is 0 Å². The van der Waals surface area contributed by atoms with Crippen LogP contribution in [0.3, 0.4) is 0 Å².